The zero-order chi connectivity index (χ0) is 24.0. The molecule has 0 spiro atoms. The number of carbonyl (C=O) groups is 1. The molecule has 0 atom stereocenters. The molecule has 0 aromatic carbocycles. The van der Waals surface area contributed by atoms with Gasteiger partial charge in [-0.15, -0.1) is 5.48 Å². The third kappa shape index (κ3) is 8.47. The van der Waals surface area contributed by atoms with E-state index in [2.05, 4.69) is 45.6 Å². The van der Waals surface area contributed by atoms with Gasteiger partial charge in [0.25, 0.3) is 5.91 Å². The van der Waals surface area contributed by atoms with Crippen LogP contribution in [-0.2, 0) is 14.5 Å². The van der Waals surface area contributed by atoms with Crippen LogP contribution < -0.4 is 16.1 Å². The molecule has 0 fully saturated rings. The van der Waals surface area contributed by atoms with Crippen molar-refractivity contribution in [3.05, 3.63) is 71.1 Å². The number of ether oxygens (including phenoxy) is 1. The lowest BCUT2D eigenvalue weighted by Gasteiger charge is -2.13. The molecule has 1 amide bonds. The van der Waals surface area contributed by atoms with Crippen LogP contribution in [0.1, 0.15) is 51.9 Å². The van der Waals surface area contributed by atoms with Crippen molar-refractivity contribution in [3.8, 4) is 0 Å². The van der Waals surface area contributed by atoms with Gasteiger partial charge in [-0.1, -0.05) is 48.5 Å². The largest absolute Gasteiger partial charge is 0.492 e. The zero-order valence-electron chi connectivity index (χ0n) is 20.4. The topological polar surface area (TPSA) is 84.0 Å². The molecule has 7 nitrogen and oxygen atoms in total. The van der Waals surface area contributed by atoms with Gasteiger partial charge in [0, 0.05) is 31.6 Å². The van der Waals surface area contributed by atoms with Gasteiger partial charge in [0.15, 0.2) is 0 Å². The Balaban J connectivity index is 1.35. The second-order valence-corrected chi connectivity index (χ2v) is 8.56. The Labute approximate surface area is 203 Å². The van der Waals surface area contributed by atoms with E-state index in [1.54, 1.807) is 13.1 Å². The van der Waals surface area contributed by atoms with E-state index in [9.17, 15) is 4.79 Å². The van der Waals surface area contributed by atoms with Crippen LogP contribution in [0, 0.1) is 0 Å². The fraction of sp³-hybridized carbons (Fsp3) is 0.481. The first-order chi connectivity index (χ1) is 16.7. The summed E-state index contributed by atoms with van der Waals surface area (Å²) in [6.45, 7) is 3.89. The molecule has 0 aliphatic heterocycles. The number of nitrogens with one attached hydrogen (secondary N) is 3. The Morgan fingerprint density at radius 3 is 2.53 bits per heavy atom. The van der Waals surface area contributed by atoms with Gasteiger partial charge < -0.3 is 20.3 Å². The third-order valence-electron chi connectivity index (χ3n) is 5.98. The standard InChI is InChI=1S/C27H38N4O3/c1-3-24(31-34-28-2)20-33-26-13-8-12-21(14-15-26)27(32)30-17-9-16-29-25-18-22-10-6-4-5-7-11-23(22)19-25/h6-8,10-12,14-15,25,28-29H,3-5,9,13,16-20H2,1-2H3,(H,30,32)/b10-6-,11-7-,31-24+. The predicted octanol–water partition coefficient (Wildman–Crippen LogP) is 4.15. The molecule has 3 N–H and O–H groups in total. The lowest BCUT2D eigenvalue weighted by Crippen LogP contribution is -2.32. The highest BCUT2D eigenvalue weighted by molar-refractivity contribution is 5.96. The summed E-state index contributed by atoms with van der Waals surface area (Å²) in [6, 6.07) is 0.493. The van der Waals surface area contributed by atoms with Crippen LogP contribution in [0.4, 0.5) is 0 Å². The van der Waals surface area contributed by atoms with Crippen LogP contribution in [0.3, 0.4) is 0 Å². The van der Waals surface area contributed by atoms with Crippen LogP contribution in [0.5, 0.6) is 0 Å². The van der Waals surface area contributed by atoms with E-state index in [1.807, 2.05) is 25.2 Å². The highest BCUT2D eigenvalue weighted by Crippen LogP contribution is 2.29. The number of carbonyl (C=O) groups excluding carboxylic acids is 1. The summed E-state index contributed by atoms with van der Waals surface area (Å²) >= 11 is 0. The maximum Gasteiger partial charge on any atom is 0.251 e. The SMILES string of the molecule is CC/C(COC1=CC=C(C(=O)NCCCNC2CC3=C(/C=C\CC/C=C\3)C2)C=CC1)=N\ONC. The summed E-state index contributed by atoms with van der Waals surface area (Å²) in [7, 11) is 1.65. The van der Waals surface area contributed by atoms with Gasteiger partial charge in [0.05, 0.1) is 5.71 Å². The minimum Gasteiger partial charge on any atom is -0.492 e. The van der Waals surface area contributed by atoms with Crippen molar-refractivity contribution in [2.75, 3.05) is 26.7 Å². The Bertz CT molecular complexity index is 883. The smallest absolute Gasteiger partial charge is 0.251 e. The van der Waals surface area contributed by atoms with E-state index >= 15 is 0 Å². The maximum atomic E-state index is 12.6. The number of rotatable bonds is 12. The number of hydrogen-bond acceptors (Lipinski definition) is 6. The number of oxime groups is 1. The van der Waals surface area contributed by atoms with Crippen LogP contribution in [0.25, 0.3) is 0 Å². The third-order valence-corrected chi connectivity index (χ3v) is 5.98. The van der Waals surface area contributed by atoms with Crippen LogP contribution >= 0.6 is 0 Å². The summed E-state index contributed by atoms with van der Waals surface area (Å²) in [4.78, 5) is 17.4. The van der Waals surface area contributed by atoms with Gasteiger partial charge in [-0.25, -0.2) is 0 Å². The minimum atomic E-state index is -0.0623. The van der Waals surface area contributed by atoms with Crippen LogP contribution in [-0.4, -0.2) is 44.4 Å². The van der Waals surface area contributed by atoms with Crippen molar-refractivity contribution in [2.24, 2.45) is 5.16 Å². The number of nitrogens with zero attached hydrogens (tertiary/aromatic N) is 1. The molecule has 7 heteroatoms. The Morgan fingerprint density at radius 1 is 1.06 bits per heavy atom. The molecule has 0 heterocycles. The highest BCUT2D eigenvalue weighted by Gasteiger charge is 2.21. The molecule has 0 bridgehead atoms. The van der Waals surface area contributed by atoms with Crippen molar-refractivity contribution in [1.82, 2.24) is 16.1 Å². The molecule has 0 unspecified atom stereocenters. The Kier molecular flexibility index (Phi) is 10.9. The normalized spacial score (nSPS) is 20.5. The van der Waals surface area contributed by atoms with E-state index in [-0.39, 0.29) is 5.91 Å². The van der Waals surface area contributed by atoms with Crippen molar-refractivity contribution in [1.29, 1.82) is 0 Å². The molecule has 3 rings (SSSR count). The Hall–Kier alpha value is -2.90. The average Bonchev–Trinajstić information content (AvgIpc) is 3.04. The van der Waals surface area contributed by atoms with E-state index in [1.165, 1.54) is 11.1 Å². The van der Waals surface area contributed by atoms with Gasteiger partial charge in [0.2, 0.25) is 0 Å². The lowest BCUT2D eigenvalue weighted by atomic mass is 10.1. The highest BCUT2D eigenvalue weighted by atomic mass is 16.8. The van der Waals surface area contributed by atoms with E-state index in [0.717, 1.165) is 56.5 Å². The summed E-state index contributed by atoms with van der Waals surface area (Å²) in [5.74, 6) is 0.727. The Morgan fingerprint density at radius 2 is 1.82 bits per heavy atom. The fourth-order valence-electron chi connectivity index (χ4n) is 4.05. The van der Waals surface area contributed by atoms with E-state index < -0.39 is 0 Å². The van der Waals surface area contributed by atoms with Crippen LogP contribution in [0.15, 0.2) is 76.2 Å². The number of hydroxylamine groups is 1. The van der Waals surface area contributed by atoms with Crippen molar-refractivity contribution in [2.45, 2.75) is 57.9 Å². The monoisotopic (exact) mass is 466 g/mol. The van der Waals surface area contributed by atoms with Crippen molar-refractivity contribution < 1.29 is 14.5 Å². The van der Waals surface area contributed by atoms with Gasteiger partial charge in [0.1, 0.15) is 12.4 Å². The first-order valence-corrected chi connectivity index (χ1v) is 12.3. The van der Waals surface area contributed by atoms with E-state index in [4.69, 9.17) is 9.68 Å². The van der Waals surface area contributed by atoms with Crippen molar-refractivity contribution >= 4 is 11.6 Å². The quantitative estimate of drug-likeness (QED) is 0.229. The number of amides is 1. The van der Waals surface area contributed by atoms with Crippen molar-refractivity contribution in [3.63, 3.8) is 0 Å². The second-order valence-electron chi connectivity index (χ2n) is 8.56. The summed E-state index contributed by atoms with van der Waals surface area (Å²) < 4.78 is 5.83. The molecule has 3 aliphatic carbocycles. The molecule has 34 heavy (non-hydrogen) atoms. The molecule has 0 aromatic rings. The molecule has 0 saturated heterocycles. The summed E-state index contributed by atoms with van der Waals surface area (Å²) in [6.07, 6.45) is 23.3. The minimum absolute atomic E-state index is 0.0623. The zero-order valence-corrected chi connectivity index (χ0v) is 20.4. The maximum absolute atomic E-state index is 12.6. The van der Waals surface area contributed by atoms with Gasteiger partial charge in [-0.3, -0.25) is 4.79 Å². The average molecular weight is 467 g/mol. The molecule has 0 radical (unpaired) electrons. The van der Waals surface area contributed by atoms with Gasteiger partial charge in [-0.2, -0.15) is 0 Å². The fourth-order valence-corrected chi connectivity index (χ4v) is 4.05. The van der Waals surface area contributed by atoms with Gasteiger partial charge >= 0.3 is 0 Å². The first kappa shape index (κ1) is 25.7. The van der Waals surface area contributed by atoms with Gasteiger partial charge in [-0.05, 0) is 68.4 Å². The predicted molar refractivity (Wildman–Crippen MR) is 137 cm³/mol. The molecule has 0 aromatic heterocycles. The molecule has 184 valence electrons. The molecule has 3 aliphatic rings. The molecule has 0 saturated carbocycles. The first-order valence-electron chi connectivity index (χ1n) is 12.3. The summed E-state index contributed by atoms with van der Waals surface area (Å²) in [5.41, 5.74) is 6.88. The van der Waals surface area contributed by atoms with Crippen LogP contribution in [0.2, 0.25) is 0 Å². The molecular formula is C27H38N4O3. The van der Waals surface area contributed by atoms with E-state index in [0.29, 0.717) is 31.2 Å². The second kappa shape index (κ2) is 14.4. The molecular weight excluding hydrogens is 428 g/mol. The number of allylic oxidation sites excluding steroid dienone is 7. The lowest BCUT2D eigenvalue weighted by molar-refractivity contribution is -0.117. The summed E-state index contributed by atoms with van der Waals surface area (Å²) in [5, 5.41) is 10.6. The number of hydrogen-bond donors (Lipinski definition) is 3.